The second-order valence-electron chi connectivity index (χ2n) is 3.66. The van der Waals surface area contributed by atoms with Gasteiger partial charge in [-0.05, 0) is 32.2 Å². The molecule has 0 aliphatic heterocycles. The van der Waals surface area contributed by atoms with Crippen LogP contribution in [0.5, 0.6) is 0 Å². The van der Waals surface area contributed by atoms with Gasteiger partial charge >= 0.3 is 0 Å². The van der Waals surface area contributed by atoms with Crippen LogP contribution in [0.1, 0.15) is 0 Å². The average Bonchev–Trinajstić information content (AvgIpc) is 1.79. The van der Waals surface area contributed by atoms with E-state index in [9.17, 15) is 0 Å². The molecule has 4 heteroatoms. The third-order valence-corrected chi connectivity index (χ3v) is 6.50. The van der Waals surface area contributed by atoms with E-state index >= 15 is 0 Å². The van der Waals surface area contributed by atoms with Gasteiger partial charge in [-0.2, -0.15) is 0 Å². The van der Waals surface area contributed by atoms with Crippen molar-refractivity contribution >= 4 is 17.4 Å². The van der Waals surface area contributed by atoms with E-state index in [1.807, 2.05) is 0 Å². The van der Waals surface area contributed by atoms with Crippen LogP contribution in [-0.2, 0) is 4.12 Å². The minimum Gasteiger partial charge on any atom is -0.516 e. The highest BCUT2D eigenvalue weighted by Crippen LogP contribution is 2.07. The summed E-state index contributed by atoms with van der Waals surface area (Å²) in [5.74, 6) is 0. The summed E-state index contributed by atoms with van der Waals surface area (Å²) in [5, 5.41) is 8.41. The maximum absolute atomic E-state index is 8.41. The Balaban J connectivity index is 3.60. The highest BCUT2D eigenvalue weighted by molar-refractivity contribution is 6.77. The molecule has 1 atom stereocenters. The van der Waals surface area contributed by atoms with Crippen LogP contribution in [0, 0.1) is 0 Å². The molecule has 0 aromatic heterocycles. The van der Waals surface area contributed by atoms with Crippen LogP contribution in [0.3, 0.4) is 0 Å². The fourth-order valence-electron chi connectivity index (χ4n) is 0.904. The molecule has 66 valence electrons. The normalized spacial score (nSPS) is 15.6. The lowest BCUT2D eigenvalue weighted by molar-refractivity contribution is 0.472. The lowest BCUT2D eigenvalue weighted by Crippen LogP contribution is -2.32. The van der Waals surface area contributed by atoms with Gasteiger partial charge in [-0.15, -0.1) is 0 Å². The maximum Gasteiger partial charge on any atom is 0.170 e. The summed E-state index contributed by atoms with van der Waals surface area (Å²) in [4.78, 5) is 0. The van der Waals surface area contributed by atoms with Gasteiger partial charge in [0.1, 0.15) is 0 Å². The highest BCUT2D eigenvalue weighted by atomic mass is 28.4. The molecule has 0 saturated carbocycles. The van der Waals surface area contributed by atoms with Crippen molar-refractivity contribution in [3.63, 3.8) is 0 Å². The van der Waals surface area contributed by atoms with Crippen LogP contribution < -0.4 is 0 Å². The van der Waals surface area contributed by atoms with E-state index in [1.54, 1.807) is 6.08 Å². The van der Waals surface area contributed by atoms with E-state index in [2.05, 4.69) is 26.2 Å². The first-order valence-corrected chi connectivity index (χ1v) is 9.78. The molecule has 1 N–H and O–H groups in total. The summed E-state index contributed by atoms with van der Waals surface area (Å²) < 4.78 is 5.86. The molecule has 0 aromatic rings. The molecule has 0 aliphatic rings. The first-order chi connectivity index (χ1) is 4.95. The second kappa shape index (κ2) is 4.74. The Labute approximate surface area is 71.8 Å². The molecule has 0 fully saturated rings. The zero-order chi connectivity index (χ0) is 8.91. The number of aliphatic hydroxyl groups is 1. The number of hydrogen-bond acceptors (Lipinski definition) is 2. The summed E-state index contributed by atoms with van der Waals surface area (Å²) in [6.07, 6.45) is 2.88. The summed E-state index contributed by atoms with van der Waals surface area (Å²) in [5.41, 5.74) is 0. The summed E-state index contributed by atoms with van der Waals surface area (Å²) in [7, 11) is -2.35. The number of allylic oxidation sites excluding steroid dienone is 1. The van der Waals surface area contributed by atoms with Gasteiger partial charge in [0.2, 0.25) is 0 Å². The minimum atomic E-state index is -1.32. The molecular weight excluding hydrogens is 172 g/mol. The van der Waals surface area contributed by atoms with Gasteiger partial charge in [0.15, 0.2) is 17.4 Å². The lowest BCUT2D eigenvalue weighted by atomic mass is 10.7. The SMILES string of the molecule is C[SiH](CC=CO)O[Si](C)(C)C. The highest BCUT2D eigenvalue weighted by Gasteiger charge is 2.17. The first kappa shape index (κ1) is 10.9. The van der Waals surface area contributed by atoms with Gasteiger partial charge < -0.3 is 9.22 Å². The molecule has 0 aliphatic carbocycles. The fourth-order valence-corrected chi connectivity index (χ4v) is 6.62. The number of aliphatic hydroxyl groups excluding tert-OH is 1. The van der Waals surface area contributed by atoms with Crippen molar-refractivity contribution in [3.8, 4) is 0 Å². The molecular formula is C7H18O2Si2. The van der Waals surface area contributed by atoms with E-state index in [-0.39, 0.29) is 0 Å². The van der Waals surface area contributed by atoms with Crippen molar-refractivity contribution in [1.29, 1.82) is 0 Å². The Morgan fingerprint density at radius 3 is 2.36 bits per heavy atom. The quantitative estimate of drug-likeness (QED) is 0.544. The van der Waals surface area contributed by atoms with Crippen molar-refractivity contribution in [3.05, 3.63) is 12.3 Å². The zero-order valence-corrected chi connectivity index (χ0v) is 9.95. The first-order valence-electron chi connectivity index (χ1n) is 3.93. The van der Waals surface area contributed by atoms with Crippen molar-refractivity contribution < 1.29 is 9.22 Å². The largest absolute Gasteiger partial charge is 0.516 e. The Bertz CT molecular complexity index is 129. The Morgan fingerprint density at radius 2 is 2.00 bits per heavy atom. The van der Waals surface area contributed by atoms with Gasteiger partial charge in [-0.3, -0.25) is 0 Å². The van der Waals surface area contributed by atoms with Gasteiger partial charge in [-0.1, -0.05) is 6.08 Å². The van der Waals surface area contributed by atoms with E-state index in [4.69, 9.17) is 9.22 Å². The second-order valence-corrected chi connectivity index (χ2v) is 10.9. The summed E-state index contributed by atoms with van der Waals surface area (Å²) in [6.45, 7) is 8.75. The standard InChI is InChI=1S/C7H18O2Si2/c1-10(7-5-6-8)9-11(2,3)4/h5-6,8,10H,7H2,1-4H3. The molecule has 0 bridgehead atoms. The summed E-state index contributed by atoms with van der Waals surface area (Å²) >= 11 is 0. The Hall–Kier alpha value is -0.0662. The van der Waals surface area contributed by atoms with Crippen molar-refractivity contribution in [2.75, 3.05) is 0 Å². The number of rotatable bonds is 4. The van der Waals surface area contributed by atoms with Crippen LogP contribution in [-0.4, -0.2) is 22.5 Å². The average molecular weight is 190 g/mol. The molecule has 0 radical (unpaired) electrons. The lowest BCUT2D eigenvalue weighted by Gasteiger charge is -2.21. The van der Waals surface area contributed by atoms with Gasteiger partial charge in [0.05, 0.1) is 6.26 Å². The molecule has 0 heterocycles. The third-order valence-electron chi connectivity index (χ3n) is 1.13. The van der Waals surface area contributed by atoms with Crippen LogP contribution in [0.2, 0.25) is 32.2 Å². The summed E-state index contributed by atoms with van der Waals surface area (Å²) in [6, 6.07) is 0.931. The molecule has 0 rings (SSSR count). The Morgan fingerprint density at radius 1 is 1.45 bits per heavy atom. The molecule has 0 aromatic carbocycles. The van der Waals surface area contributed by atoms with E-state index in [0.717, 1.165) is 12.3 Å². The van der Waals surface area contributed by atoms with Crippen molar-refractivity contribution in [1.82, 2.24) is 0 Å². The van der Waals surface area contributed by atoms with Crippen molar-refractivity contribution in [2.45, 2.75) is 32.2 Å². The predicted molar refractivity (Wildman–Crippen MR) is 54.0 cm³/mol. The number of hydrogen-bond donors (Lipinski definition) is 1. The molecule has 0 spiro atoms. The van der Waals surface area contributed by atoms with Crippen LogP contribution in [0.4, 0.5) is 0 Å². The Kier molecular flexibility index (Phi) is 4.71. The van der Waals surface area contributed by atoms with Crippen LogP contribution in [0.15, 0.2) is 12.3 Å². The topological polar surface area (TPSA) is 29.5 Å². The third kappa shape index (κ3) is 7.83. The molecule has 0 amide bonds. The molecule has 11 heavy (non-hydrogen) atoms. The maximum atomic E-state index is 8.41. The molecule has 2 nitrogen and oxygen atoms in total. The van der Waals surface area contributed by atoms with Gasteiger partial charge in [0.25, 0.3) is 0 Å². The predicted octanol–water partition coefficient (Wildman–Crippen LogP) is 2.26. The van der Waals surface area contributed by atoms with E-state index in [0.29, 0.717) is 0 Å². The van der Waals surface area contributed by atoms with Gasteiger partial charge in [0, 0.05) is 0 Å². The molecule has 1 unspecified atom stereocenters. The molecule has 0 saturated heterocycles. The zero-order valence-electron chi connectivity index (χ0n) is 7.79. The van der Waals surface area contributed by atoms with E-state index in [1.165, 1.54) is 0 Å². The van der Waals surface area contributed by atoms with Crippen molar-refractivity contribution in [2.24, 2.45) is 0 Å². The smallest absolute Gasteiger partial charge is 0.170 e. The van der Waals surface area contributed by atoms with Gasteiger partial charge in [-0.25, -0.2) is 0 Å². The van der Waals surface area contributed by atoms with Crippen LogP contribution in [0.25, 0.3) is 0 Å². The van der Waals surface area contributed by atoms with Crippen LogP contribution >= 0.6 is 0 Å². The fraction of sp³-hybridized carbons (Fsp3) is 0.714. The monoisotopic (exact) mass is 190 g/mol. The van der Waals surface area contributed by atoms with E-state index < -0.39 is 17.4 Å². The minimum absolute atomic E-state index is 0.931.